The lowest BCUT2D eigenvalue weighted by molar-refractivity contribution is -0.0341. The monoisotopic (exact) mass is 331 g/mol. The Bertz CT molecular complexity index is 701. The molecule has 4 rings (SSSR count). The Morgan fingerprint density at radius 3 is 2.88 bits per heavy atom. The van der Waals surface area contributed by atoms with Crippen molar-refractivity contribution in [3.63, 3.8) is 0 Å². The maximum Gasteiger partial charge on any atom is 0.407 e. The average molecular weight is 331 g/mol. The zero-order chi connectivity index (χ0) is 16.7. The van der Waals surface area contributed by atoms with Gasteiger partial charge in [-0.3, -0.25) is 0 Å². The van der Waals surface area contributed by atoms with Crippen LogP contribution in [0.3, 0.4) is 0 Å². The highest BCUT2D eigenvalue weighted by Gasteiger charge is 2.45. The van der Waals surface area contributed by atoms with E-state index >= 15 is 0 Å². The van der Waals surface area contributed by atoms with Gasteiger partial charge in [-0.15, -0.1) is 0 Å². The number of fused-ring (bicyclic) bond motifs is 3. The van der Waals surface area contributed by atoms with Gasteiger partial charge in [0.05, 0.1) is 19.3 Å². The summed E-state index contributed by atoms with van der Waals surface area (Å²) in [7, 11) is 1.58. The van der Waals surface area contributed by atoms with Crippen LogP contribution < -0.4 is 9.47 Å². The van der Waals surface area contributed by atoms with Crippen molar-refractivity contribution < 1.29 is 24.1 Å². The van der Waals surface area contributed by atoms with E-state index in [4.69, 9.17) is 14.2 Å². The highest BCUT2D eigenvalue weighted by molar-refractivity contribution is 5.64. The molecule has 6 heteroatoms. The summed E-state index contributed by atoms with van der Waals surface area (Å²) in [6, 6.07) is 4.06. The molecule has 0 radical (unpaired) electrons. The molecule has 0 unspecified atom stereocenters. The lowest BCUT2D eigenvalue weighted by Gasteiger charge is -2.46. The molecule has 1 aromatic rings. The van der Waals surface area contributed by atoms with Crippen molar-refractivity contribution in [3.05, 3.63) is 35.4 Å². The molecule has 0 aromatic heterocycles. The van der Waals surface area contributed by atoms with Crippen LogP contribution in [0.5, 0.6) is 11.5 Å². The SMILES string of the molecule is CN(C[C@@H]1OCc2cc3c(cc2[C@]12C=CCCC2)OCO3)C(=O)O. The van der Waals surface area contributed by atoms with Gasteiger partial charge in [-0.05, 0) is 42.5 Å². The zero-order valence-electron chi connectivity index (χ0n) is 13.7. The molecule has 2 atom stereocenters. The summed E-state index contributed by atoms with van der Waals surface area (Å²) in [6.07, 6.45) is 6.28. The van der Waals surface area contributed by atoms with E-state index in [1.165, 1.54) is 10.5 Å². The van der Waals surface area contributed by atoms with Crippen molar-refractivity contribution in [2.45, 2.75) is 37.4 Å². The quantitative estimate of drug-likeness (QED) is 0.844. The van der Waals surface area contributed by atoms with Gasteiger partial charge in [0.25, 0.3) is 0 Å². The largest absolute Gasteiger partial charge is 0.465 e. The maximum absolute atomic E-state index is 11.3. The second-order valence-electron chi connectivity index (χ2n) is 6.66. The number of nitrogens with zero attached hydrogens (tertiary/aromatic N) is 1. The third-order valence-corrected chi connectivity index (χ3v) is 5.26. The van der Waals surface area contributed by atoms with Crippen LogP contribution in [0.4, 0.5) is 4.79 Å². The summed E-state index contributed by atoms with van der Waals surface area (Å²) < 4.78 is 17.2. The van der Waals surface area contributed by atoms with Gasteiger partial charge in [0.1, 0.15) is 0 Å². The normalized spacial score (nSPS) is 27.1. The van der Waals surface area contributed by atoms with Crippen LogP contribution in [0.2, 0.25) is 0 Å². The number of benzene rings is 1. The van der Waals surface area contributed by atoms with Crippen LogP contribution in [0.1, 0.15) is 30.4 Å². The van der Waals surface area contributed by atoms with Crippen LogP contribution in [0, 0.1) is 0 Å². The smallest absolute Gasteiger partial charge is 0.407 e. The summed E-state index contributed by atoms with van der Waals surface area (Å²) in [6.45, 7) is 1.04. The second-order valence-corrected chi connectivity index (χ2v) is 6.66. The minimum atomic E-state index is -0.940. The molecule has 6 nitrogen and oxygen atoms in total. The molecule has 3 aliphatic rings. The minimum Gasteiger partial charge on any atom is -0.465 e. The van der Waals surface area contributed by atoms with Crippen molar-refractivity contribution in [1.29, 1.82) is 0 Å². The fraction of sp³-hybridized carbons (Fsp3) is 0.500. The first kappa shape index (κ1) is 15.3. The van der Waals surface area contributed by atoms with Gasteiger partial charge in [-0.1, -0.05) is 12.2 Å². The van der Waals surface area contributed by atoms with Gasteiger partial charge in [0.2, 0.25) is 6.79 Å². The Kier molecular flexibility index (Phi) is 3.64. The third kappa shape index (κ3) is 2.33. The predicted molar refractivity (Wildman–Crippen MR) is 86.5 cm³/mol. The summed E-state index contributed by atoms with van der Waals surface area (Å²) in [5, 5.41) is 9.24. The van der Waals surface area contributed by atoms with Crippen LogP contribution in [0.15, 0.2) is 24.3 Å². The number of ether oxygens (including phenoxy) is 3. The number of allylic oxidation sites excluding steroid dienone is 1. The molecular weight excluding hydrogens is 310 g/mol. The Morgan fingerprint density at radius 1 is 1.38 bits per heavy atom. The molecule has 0 bridgehead atoms. The third-order valence-electron chi connectivity index (χ3n) is 5.26. The van der Waals surface area contributed by atoms with Crippen LogP contribution in [-0.4, -0.2) is 42.6 Å². The Balaban J connectivity index is 1.77. The number of hydrogen-bond acceptors (Lipinski definition) is 4. The fourth-order valence-electron chi connectivity index (χ4n) is 3.97. The van der Waals surface area contributed by atoms with Crippen molar-refractivity contribution in [2.75, 3.05) is 20.4 Å². The molecule has 1 aliphatic carbocycles. The summed E-state index contributed by atoms with van der Waals surface area (Å²) >= 11 is 0. The minimum absolute atomic E-state index is 0.206. The van der Waals surface area contributed by atoms with E-state index in [0.29, 0.717) is 13.2 Å². The number of rotatable bonds is 2. The van der Waals surface area contributed by atoms with Gasteiger partial charge in [-0.2, -0.15) is 0 Å². The molecular formula is C18H21NO5. The van der Waals surface area contributed by atoms with E-state index in [2.05, 4.69) is 18.2 Å². The number of hydrogen-bond donors (Lipinski definition) is 1. The van der Waals surface area contributed by atoms with Gasteiger partial charge in [0.15, 0.2) is 11.5 Å². The molecule has 1 N–H and O–H groups in total. The Hall–Kier alpha value is -2.21. The molecule has 2 heterocycles. The van der Waals surface area contributed by atoms with E-state index in [-0.39, 0.29) is 18.3 Å². The van der Waals surface area contributed by atoms with Crippen molar-refractivity contribution in [1.82, 2.24) is 4.90 Å². The molecule has 0 fully saturated rings. The number of likely N-dealkylation sites (N-methyl/N-ethyl adjacent to an activating group) is 1. The average Bonchev–Trinajstić information content (AvgIpc) is 3.04. The Labute approximate surface area is 140 Å². The van der Waals surface area contributed by atoms with E-state index in [9.17, 15) is 9.90 Å². The number of amides is 1. The summed E-state index contributed by atoms with van der Waals surface area (Å²) in [4.78, 5) is 12.6. The molecule has 2 aliphatic heterocycles. The fourth-order valence-corrected chi connectivity index (χ4v) is 3.97. The first-order valence-corrected chi connectivity index (χ1v) is 8.26. The molecule has 24 heavy (non-hydrogen) atoms. The standard InChI is InChI=1S/C18H21NO5/c1-19(17(20)21)9-16-18(5-3-2-4-6-18)13-8-15-14(23-11-24-15)7-12(13)10-22-16/h3,5,7-8,16H,2,4,6,9-11H2,1H3,(H,20,21)/t16-,18+/m0/s1. The Morgan fingerprint density at radius 2 is 2.17 bits per heavy atom. The van der Waals surface area contributed by atoms with Crippen molar-refractivity contribution in [2.24, 2.45) is 0 Å². The number of carboxylic acid groups (broad SMARTS) is 1. The molecule has 0 saturated carbocycles. The highest BCUT2D eigenvalue weighted by atomic mass is 16.7. The lowest BCUT2D eigenvalue weighted by atomic mass is 9.66. The number of carbonyl (C=O) groups is 1. The lowest BCUT2D eigenvalue weighted by Crippen LogP contribution is -2.50. The van der Waals surface area contributed by atoms with Gasteiger partial charge in [-0.25, -0.2) is 4.79 Å². The predicted octanol–water partition coefficient (Wildman–Crippen LogP) is 2.90. The van der Waals surface area contributed by atoms with E-state index in [1.807, 2.05) is 6.07 Å². The molecule has 128 valence electrons. The molecule has 1 spiro atoms. The van der Waals surface area contributed by atoms with Crippen LogP contribution >= 0.6 is 0 Å². The summed E-state index contributed by atoms with van der Waals surface area (Å²) in [5.41, 5.74) is 1.97. The van der Waals surface area contributed by atoms with Crippen LogP contribution in [0.25, 0.3) is 0 Å². The molecule has 1 aromatic carbocycles. The maximum atomic E-state index is 11.3. The van der Waals surface area contributed by atoms with Crippen LogP contribution in [-0.2, 0) is 16.8 Å². The second kappa shape index (κ2) is 5.70. The van der Waals surface area contributed by atoms with Crippen molar-refractivity contribution >= 4 is 6.09 Å². The molecule has 0 saturated heterocycles. The zero-order valence-corrected chi connectivity index (χ0v) is 13.7. The van der Waals surface area contributed by atoms with Gasteiger partial charge >= 0.3 is 6.09 Å². The van der Waals surface area contributed by atoms with E-state index in [1.54, 1.807) is 7.05 Å². The first-order valence-electron chi connectivity index (χ1n) is 8.26. The van der Waals surface area contributed by atoms with E-state index in [0.717, 1.165) is 36.3 Å². The molecule has 1 amide bonds. The van der Waals surface area contributed by atoms with Crippen molar-refractivity contribution in [3.8, 4) is 11.5 Å². The highest BCUT2D eigenvalue weighted by Crippen LogP contribution is 2.48. The topological polar surface area (TPSA) is 68.2 Å². The van der Waals surface area contributed by atoms with Gasteiger partial charge < -0.3 is 24.2 Å². The first-order chi connectivity index (χ1) is 11.6. The summed E-state index contributed by atoms with van der Waals surface area (Å²) in [5.74, 6) is 1.52. The van der Waals surface area contributed by atoms with E-state index < -0.39 is 6.09 Å². The van der Waals surface area contributed by atoms with Gasteiger partial charge in [0, 0.05) is 12.5 Å².